The Hall–Kier alpha value is -2.62. The molecule has 33 heavy (non-hydrogen) atoms. The lowest BCUT2D eigenvalue weighted by Gasteiger charge is -2.34. The SMILES string of the molecule is CCNC(=NCc1nccn1Cc1ccccc1)NC1CCN(c2cccc(F)c2)CC1.I. The second-order valence-corrected chi connectivity index (χ2v) is 8.04. The number of imidazole rings is 1. The molecular formula is C25H32FIN6. The average Bonchev–Trinajstić information content (AvgIpc) is 3.25. The predicted molar refractivity (Wildman–Crippen MR) is 143 cm³/mol. The Morgan fingerprint density at radius 1 is 1.12 bits per heavy atom. The Kier molecular flexibility index (Phi) is 9.53. The van der Waals surface area contributed by atoms with Gasteiger partial charge >= 0.3 is 0 Å². The average molecular weight is 562 g/mol. The van der Waals surface area contributed by atoms with Gasteiger partial charge in [0.15, 0.2) is 5.96 Å². The first-order chi connectivity index (χ1) is 15.7. The molecule has 0 amide bonds. The molecule has 0 radical (unpaired) electrons. The molecule has 6 nitrogen and oxygen atoms in total. The van der Waals surface area contributed by atoms with Gasteiger partial charge in [-0.15, -0.1) is 24.0 Å². The van der Waals surface area contributed by atoms with Gasteiger partial charge in [0.05, 0.1) is 0 Å². The molecular weight excluding hydrogens is 530 g/mol. The third-order valence-corrected chi connectivity index (χ3v) is 5.73. The maximum atomic E-state index is 13.5. The minimum atomic E-state index is -0.185. The molecule has 1 aliphatic heterocycles. The molecule has 2 aromatic carbocycles. The van der Waals surface area contributed by atoms with Crippen LogP contribution in [0.3, 0.4) is 0 Å². The van der Waals surface area contributed by atoms with Crippen LogP contribution in [-0.2, 0) is 13.1 Å². The van der Waals surface area contributed by atoms with Crippen molar-refractivity contribution >= 4 is 35.6 Å². The first kappa shape index (κ1) is 25.0. The van der Waals surface area contributed by atoms with Crippen LogP contribution >= 0.6 is 24.0 Å². The number of piperidine rings is 1. The third-order valence-electron chi connectivity index (χ3n) is 5.73. The van der Waals surface area contributed by atoms with Crippen LogP contribution in [0.4, 0.5) is 10.1 Å². The number of anilines is 1. The van der Waals surface area contributed by atoms with Crippen molar-refractivity contribution in [1.29, 1.82) is 0 Å². The summed E-state index contributed by atoms with van der Waals surface area (Å²) in [7, 11) is 0. The van der Waals surface area contributed by atoms with Gasteiger partial charge in [-0.25, -0.2) is 14.4 Å². The highest BCUT2D eigenvalue weighted by Crippen LogP contribution is 2.20. The summed E-state index contributed by atoms with van der Waals surface area (Å²) in [4.78, 5) is 11.5. The summed E-state index contributed by atoms with van der Waals surface area (Å²) < 4.78 is 15.7. The Morgan fingerprint density at radius 2 is 1.91 bits per heavy atom. The zero-order valence-corrected chi connectivity index (χ0v) is 21.3. The Labute approximate surface area is 212 Å². The highest BCUT2D eigenvalue weighted by Gasteiger charge is 2.20. The molecule has 1 saturated heterocycles. The van der Waals surface area contributed by atoms with E-state index in [0.717, 1.165) is 56.5 Å². The van der Waals surface area contributed by atoms with E-state index in [1.807, 2.05) is 24.5 Å². The van der Waals surface area contributed by atoms with Crippen LogP contribution in [0.25, 0.3) is 0 Å². The van der Waals surface area contributed by atoms with E-state index in [1.54, 1.807) is 12.1 Å². The number of rotatable bonds is 7. The highest BCUT2D eigenvalue weighted by atomic mass is 127. The van der Waals surface area contributed by atoms with Gasteiger partial charge in [0.25, 0.3) is 0 Å². The molecule has 8 heteroatoms. The van der Waals surface area contributed by atoms with Gasteiger partial charge in [-0.3, -0.25) is 0 Å². The summed E-state index contributed by atoms with van der Waals surface area (Å²) in [6.45, 7) is 5.95. The van der Waals surface area contributed by atoms with E-state index in [0.29, 0.717) is 12.6 Å². The molecule has 2 N–H and O–H groups in total. The third kappa shape index (κ3) is 7.18. The summed E-state index contributed by atoms with van der Waals surface area (Å²) in [5, 5.41) is 6.92. The quantitative estimate of drug-likeness (QED) is 0.255. The summed E-state index contributed by atoms with van der Waals surface area (Å²) in [5.41, 5.74) is 2.19. The highest BCUT2D eigenvalue weighted by molar-refractivity contribution is 14.0. The maximum absolute atomic E-state index is 13.5. The van der Waals surface area contributed by atoms with E-state index in [-0.39, 0.29) is 29.8 Å². The van der Waals surface area contributed by atoms with Gasteiger partial charge in [-0.05, 0) is 43.5 Å². The molecule has 0 atom stereocenters. The van der Waals surface area contributed by atoms with Crippen LogP contribution in [0.15, 0.2) is 72.0 Å². The monoisotopic (exact) mass is 562 g/mol. The molecule has 1 fully saturated rings. The Balaban J connectivity index is 0.00000306. The summed E-state index contributed by atoms with van der Waals surface area (Å²) in [6.07, 6.45) is 5.78. The normalized spacial score (nSPS) is 14.6. The molecule has 2 heterocycles. The van der Waals surface area contributed by atoms with E-state index < -0.39 is 0 Å². The Bertz CT molecular complexity index is 1010. The van der Waals surface area contributed by atoms with Crippen LogP contribution < -0.4 is 15.5 Å². The van der Waals surface area contributed by atoms with E-state index in [2.05, 4.69) is 56.3 Å². The standard InChI is InChI=1S/C25H31FN6.HI/c1-2-27-25(29-18-24-28-13-16-32(24)19-20-7-4-3-5-8-20)30-22-11-14-31(15-12-22)23-10-6-9-21(26)17-23;/h3-10,13,16-17,22H,2,11-12,14-15,18-19H2,1H3,(H2,27,29,30);1H. The fraction of sp³-hybridized carbons (Fsp3) is 0.360. The number of aromatic nitrogens is 2. The number of halogens is 2. The minimum Gasteiger partial charge on any atom is -0.371 e. The van der Waals surface area contributed by atoms with Crippen molar-refractivity contribution in [3.05, 3.63) is 84.2 Å². The number of hydrogen-bond acceptors (Lipinski definition) is 3. The molecule has 1 aromatic heterocycles. The lowest BCUT2D eigenvalue weighted by atomic mass is 10.0. The summed E-state index contributed by atoms with van der Waals surface area (Å²) >= 11 is 0. The number of hydrogen-bond donors (Lipinski definition) is 2. The fourth-order valence-electron chi connectivity index (χ4n) is 4.03. The lowest BCUT2D eigenvalue weighted by molar-refractivity contribution is 0.461. The van der Waals surface area contributed by atoms with Gasteiger partial charge < -0.3 is 20.1 Å². The summed E-state index contributed by atoms with van der Waals surface area (Å²) in [5.74, 6) is 1.56. The van der Waals surface area contributed by atoms with Crippen LogP contribution in [0, 0.1) is 5.82 Å². The van der Waals surface area contributed by atoms with E-state index in [9.17, 15) is 4.39 Å². The zero-order valence-electron chi connectivity index (χ0n) is 19.0. The number of nitrogens with one attached hydrogen (secondary N) is 2. The molecule has 0 aliphatic carbocycles. The van der Waals surface area contributed by atoms with Crippen molar-refractivity contribution in [2.24, 2.45) is 4.99 Å². The second-order valence-electron chi connectivity index (χ2n) is 8.04. The second kappa shape index (κ2) is 12.6. The minimum absolute atomic E-state index is 0. The molecule has 176 valence electrons. The lowest BCUT2D eigenvalue weighted by Crippen LogP contribution is -2.48. The van der Waals surface area contributed by atoms with Crippen LogP contribution in [-0.4, -0.2) is 41.2 Å². The molecule has 0 bridgehead atoms. The Morgan fingerprint density at radius 3 is 2.64 bits per heavy atom. The predicted octanol–water partition coefficient (Wildman–Crippen LogP) is 4.41. The van der Waals surface area contributed by atoms with Gasteiger partial charge in [-0.1, -0.05) is 36.4 Å². The van der Waals surface area contributed by atoms with Crippen molar-refractivity contribution in [2.75, 3.05) is 24.5 Å². The van der Waals surface area contributed by atoms with E-state index >= 15 is 0 Å². The van der Waals surface area contributed by atoms with E-state index in [4.69, 9.17) is 4.99 Å². The molecule has 4 rings (SSSR count). The van der Waals surface area contributed by atoms with Crippen molar-refractivity contribution in [1.82, 2.24) is 20.2 Å². The molecule has 1 aliphatic rings. The van der Waals surface area contributed by atoms with Crippen molar-refractivity contribution < 1.29 is 4.39 Å². The largest absolute Gasteiger partial charge is 0.371 e. The van der Waals surface area contributed by atoms with Crippen molar-refractivity contribution in [2.45, 2.75) is 38.9 Å². The van der Waals surface area contributed by atoms with Crippen molar-refractivity contribution in [3.8, 4) is 0 Å². The zero-order chi connectivity index (χ0) is 22.2. The molecule has 3 aromatic rings. The maximum Gasteiger partial charge on any atom is 0.191 e. The van der Waals surface area contributed by atoms with Gasteiger partial charge in [0, 0.05) is 50.3 Å². The summed E-state index contributed by atoms with van der Waals surface area (Å²) in [6, 6.07) is 17.5. The number of guanidine groups is 1. The molecule has 0 spiro atoms. The first-order valence-corrected chi connectivity index (χ1v) is 11.3. The van der Waals surface area contributed by atoms with Gasteiger partial charge in [0.2, 0.25) is 0 Å². The molecule has 0 unspecified atom stereocenters. The van der Waals surface area contributed by atoms with Gasteiger partial charge in [-0.2, -0.15) is 0 Å². The van der Waals surface area contributed by atoms with Crippen LogP contribution in [0.5, 0.6) is 0 Å². The van der Waals surface area contributed by atoms with Crippen LogP contribution in [0.2, 0.25) is 0 Å². The first-order valence-electron chi connectivity index (χ1n) is 11.3. The van der Waals surface area contributed by atoms with Crippen LogP contribution in [0.1, 0.15) is 31.2 Å². The number of aliphatic imine (C=N–C) groups is 1. The fourth-order valence-corrected chi connectivity index (χ4v) is 4.03. The van der Waals surface area contributed by atoms with Gasteiger partial charge in [0.1, 0.15) is 18.2 Å². The smallest absolute Gasteiger partial charge is 0.191 e. The topological polar surface area (TPSA) is 57.5 Å². The van der Waals surface area contributed by atoms with E-state index in [1.165, 1.54) is 11.6 Å². The molecule has 0 saturated carbocycles. The van der Waals surface area contributed by atoms with Crippen molar-refractivity contribution in [3.63, 3.8) is 0 Å². The number of benzene rings is 2. The number of nitrogens with zero attached hydrogens (tertiary/aromatic N) is 4.